The van der Waals surface area contributed by atoms with E-state index in [0.717, 1.165) is 12.8 Å². The number of hydrogen-bond donors (Lipinski definition) is 1. The normalized spacial score (nSPS) is 16.2. The summed E-state index contributed by atoms with van der Waals surface area (Å²) >= 11 is 0. The molecule has 0 aliphatic carbocycles. The van der Waals surface area contributed by atoms with Crippen molar-refractivity contribution >= 4 is 11.9 Å². The van der Waals surface area contributed by atoms with E-state index in [-0.39, 0.29) is 12.1 Å². The summed E-state index contributed by atoms with van der Waals surface area (Å²) in [5, 5.41) is 3.14. The van der Waals surface area contributed by atoms with Gasteiger partial charge in [0.05, 0.1) is 6.61 Å². The Bertz CT molecular complexity index is 435. The monoisotopic (exact) mass is 268 g/mol. The summed E-state index contributed by atoms with van der Waals surface area (Å²) in [5.74, 6) is -0.0801. The lowest BCUT2D eigenvalue weighted by Crippen LogP contribution is -2.42. The Morgan fingerprint density at radius 2 is 2.26 bits per heavy atom. The minimum Gasteiger partial charge on any atom is -0.450 e. The number of nitrogens with one attached hydrogen (secondary N) is 1. The molecule has 104 valence electrons. The molecule has 2 heterocycles. The second-order valence-electron chi connectivity index (χ2n) is 4.33. The molecule has 0 spiro atoms. The van der Waals surface area contributed by atoms with Crippen LogP contribution in [0.5, 0.6) is 0 Å². The molecule has 0 saturated carbocycles. The average Bonchev–Trinajstić information content (AvgIpc) is 2.40. The lowest BCUT2D eigenvalue weighted by Gasteiger charge is -2.31. The minimum atomic E-state index is -0.554. The molecule has 1 saturated heterocycles. The lowest BCUT2D eigenvalue weighted by molar-refractivity contribution is 0.0983. The van der Waals surface area contributed by atoms with Crippen molar-refractivity contribution in [1.82, 2.24) is 14.9 Å². The summed E-state index contributed by atoms with van der Waals surface area (Å²) < 4.78 is 17.9. The van der Waals surface area contributed by atoms with E-state index in [0.29, 0.717) is 25.5 Å². The van der Waals surface area contributed by atoms with Gasteiger partial charge in [-0.25, -0.2) is 14.8 Å². The molecule has 1 aliphatic heterocycles. The van der Waals surface area contributed by atoms with Crippen LogP contribution in [0.4, 0.5) is 15.0 Å². The molecule has 2 rings (SSSR count). The van der Waals surface area contributed by atoms with Crippen LogP contribution >= 0.6 is 0 Å². The summed E-state index contributed by atoms with van der Waals surface area (Å²) in [4.78, 5) is 20.6. The van der Waals surface area contributed by atoms with Crippen LogP contribution in [0, 0.1) is 5.95 Å². The number of likely N-dealkylation sites (tertiary alicyclic amines) is 1. The highest BCUT2D eigenvalue weighted by Gasteiger charge is 2.23. The number of carbonyl (C=O) groups is 1. The van der Waals surface area contributed by atoms with Gasteiger partial charge in [-0.15, -0.1) is 0 Å². The molecule has 1 aliphatic rings. The molecular weight excluding hydrogens is 251 g/mol. The molecule has 0 unspecified atom stereocenters. The maximum atomic E-state index is 12.9. The van der Waals surface area contributed by atoms with E-state index < -0.39 is 5.95 Å². The molecule has 7 heteroatoms. The standard InChI is InChI=1S/C12H17FN4O2/c1-2-19-12(18)17-5-3-9(4-6-17)16-11-7-10(13)14-8-15-11/h7-9H,2-6H2,1H3,(H,14,15,16). The van der Waals surface area contributed by atoms with E-state index in [4.69, 9.17) is 4.74 Å². The molecule has 1 aromatic rings. The van der Waals surface area contributed by atoms with Gasteiger partial charge >= 0.3 is 6.09 Å². The Hall–Kier alpha value is -1.92. The van der Waals surface area contributed by atoms with Gasteiger partial charge in [0, 0.05) is 25.2 Å². The van der Waals surface area contributed by atoms with E-state index in [1.165, 1.54) is 12.4 Å². The fourth-order valence-electron chi connectivity index (χ4n) is 2.04. The first kappa shape index (κ1) is 13.5. The van der Waals surface area contributed by atoms with Crippen LogP contribution in [0.15, 0.2) is 12.4 Å². The van der Waals surface area contributed by atoms with Crippen molar-refractivity contribution in [2.24, 2.45) is 0 Å². The van der Waals surface area contributed by atoms with Crippen LogP contribution in [0.1, 0.15) is 19.8 Å². The molecule has 0 radical (unpaired) electrons. The largest absolute Gasteiger partial charge is 0.450 e. The van der Waals surface area contributed by atoms with Gasteiger partial charge in [-0.1, -0.05) is 0 Å². The zero-order chi connectivity index (χ0) is 13.7. The summed E-state index contributed by atoms with van der Waals surface area (Å²) in [6.45, 7) is 3.43. The number of rotatable bonds is 3. The van der Waals surface area contributed by atoms with Crippen molar-refractivity contribution in [1.29, 1.82) is 0 Å². The number of carbonyl (C=O) groups excluding carboxylic acids is 1. The Kier molecular flexibility index (Phi) is 4.48. The molecule has 0 atom stereocenters. The van der Waals surface area contributed by atoms with Gasteiger partial charge < -0.3 is 15.0 Å². The van der Waals surface area contributed by atoms with Crippen molar-refractivity contribution in [2.75, 3.05) is 25.0 Å². The van der Waals surface area contributed by atoms with E-state index >= 15 is 0 Å². The molecule has 0 aromatic carbocycles. The average molecular weight is 268 g/mol. The van der Waals surface area contributed by atoms with Gasteiger partial charge in [-0.2, -0.15) is 4.39 Å². The van der Waals surface area contributed by atoms with E-state index in [1.807, 2.05) is 0 Å². The lowest BCUT2D eigenvalue weighted by atomic mass is 10.1. The fraction of sp³-hybridized carbons (Fsp3) is 0.583. The highest BCUT2D eigenvalue weighted by molar-refractivity contribution is 5.67. The number of amides is 1. The van der Waals surface area contributed by atoms with Gasteiger partial charge in [-0.3, -0.25) is 0 Å². The Balaban J connectivity index is 1.82. The molecule has 1 fully saturated rings. The van der Waals surface area contributed by atoms with Crippen molar-refractivity contribution in [3.05, 3.63) is 18.3 Å². The van der Waals surface area contributed by atoms with Crippen LogP contribution in [0.25, 0.3) is 0 Å². The Labute approximate surface area is 111 Å². The van der Waals surface area contributed by atoms with Crippen LogP contribution < -0.4 is 5.32 Å². The van der Waals surface area contributed by atoms with Crippen LogP contribution in [-0.2, 0) is 4.74 Å². The zero-order valence-corrected chi connectivity index (χ0v) is 10.8. The first-order chi connectivity index (χ1) is 9.19. The molecule has 6 nitrogen and oxygen atoms in total. The second kappa shape index (κ2) is 6.31. The van der Waals surface area contributed by atoms with Crippen LogP contribution in [0.3, 0.4) is 0 Å². The highest BCUT2D eigenvalue weighted by Crippen LogP contribution is 2.15. The number of hydrogen-bond acceptors (Lipinski definition) is 5. The van der Waals surface area contributed by atoms with Crippen LogP contribution in [-0.4, -0.2) is 46.7 Å². The first-order valence-corrected chi connectivity index (χ1v) is 6.35. The minimum absolute atomic E-state index is 0.181. The fourth-order valence-corrected chi connectivity index (χ4v) is 2.04. The van der Waals surface area contributed by atoms with E-state index in [2.05, 4.69) is 15.3 Å². The zero-order valence-electron chi connectivity index (χ0n) is 10.8. The second-order valence-corrected chi connectivity index (χ2v) is 4.33. The molecule has 1 aromatic heterocycles. The Morgan fingerprint density at radius 3 is 2.89 bits per heavy atom. The Morgan fingerprint density at radius 1 is 1.53 bits per heavy atom. The topological polar surface area (TPSA) is 67.3 Å². The predicted molar refractivity (Wildman–Crippen MR) is 67.2 cm³/mol. The van der Waals surface area contributed by atoms with Gasteiger partial charge in [-0.05, 0) is 19.8 Å². The smallest absolute Gasteiger partial charge is 0.409 e. The molecular formula is C12H17FN4O2. The first-order valence-electron chi connectivity index (χ1n) is 6.35. The third-order valence-electron chi connectivity index (χ3n) is 3.01. The number of halogens is 1. The number of aromatic nitrogens is 2. The summed E-state index contributed by atoms with van der Waals surface area (Å²) in [7, 11) is 0. The van der Waals surface area contributed by atoms with Gasteiger partial charge in [0.1, 0.15) is 12.1 Å². The molecule has 1 amide bonds. The van der Waals surface area contributed by atoms with Crippen molar-refractivity contribution in [3.8, 4) is 0 Å². The maximum Gasteiger partial charge on any atom is 0.409 e. The number of ether oxygens (including phenoxy) is 1. The molecule has 0 bridgehead atoms. The third kappa shape index (κ3) is 3.77. The summed E-state index contributed by atoms with van der Waals surface area (Å²) in [6, 6.07) is 1.44. The highest BCUT2D eigenvalue weighted by atomic mass is 19.1. The van der Waals surface area contributed by atoms with E-state index in [9.17, 15) is 9.18 Å². The van der Waals surface area contributed by atoms with Crippen molar-refractivity contribution in [2.45, 2.75) is 25.8 Å². The van der Waals surface area contributed by atoms with Crippen molar-refractivity contribution in [3.63, 3.8) is 0 Å². The van der Waals surface area contributed by atoms with E-state index in [1.54, 1.807) is 11.8 Å². The predicted octanol–water partition coefficient (Wildman–Crippen LogP) is 1.65. The van der Waals surface area contributed by atoms with Gasteiger partial charge in [0.2, 0.25) is 5.95 Å². The number of nitrogens with zero attached hydrogens (tertiary/aromatic N) is 3. The molecule has 1 N–H and O–H groups in total. The summed E-state index contributed by atoms with van der Waals surface area (Å²) in [5.41, 5.74) is 0. The number of anilines is 1. The maximum absolute atomic E-state index is 12.9. The van der Waals surface area contributed by atoms with Gasteiger partial charge in [0.15, 0.2) is 0 Å². The third-order valence-corrected chi connectivity index (χ3v) is 3.01. The SMILES string of the molecule is CCOC(=O)N1CCC(Nc2cc(F)ncn2)CC1. The molecule has 19 heavy (non-hydrogen) atoms. The summed E-state index contributed by atoms with van der Waals surface area (Å²) in [6.07, 6.45) is 2.48. The van der Waals surface area contributed by atoms with Crippen molar-refractivity contribution < 1.29 is 13.9 Å². The van der Waals surface area contributed by atoms with Crippen LogP contribution in [0.2, 0.25) is 0 Å². The van der Waals surface area contributed by atoms with Gasteiger partial charge in [0.25, 0.3) is 0 Å². The number of piperidine rings is 1. The quantitative estimate of drug-likeness (QED) is 0.844.